The van der Waals surface area contributed by atoms with Crippen LogP contribution in [0.3, 0.4) is 0 Å². The predicted octanol–water partition coefficient (Wildman–Crippen LogP) is 3.72. The van der Waals surface area contributed by atoms with Crippen LogP contribution in [-0.2, 0) is 16.1 Å². The molecule has 0 aliphatic carbocycles. The summed E-state index contributed by atoms with van der Waals surface area (Å²) < 4.78 is 10.7. The van der Waals surface area contributed by atoms with E-state index in [0.717, 1.165) is 22.1 Å². The number of methoxy groups -OCH3 is 1. The van der Waals surface area contributed by atoms with Crippen molar-refractivity contribution in [1.82, 2.24) is 4.90 Å². The van der Waals surface area contributed by atoms with E-state index in [1.165, 1.54) is 4.90 Å². The van der Waals surface area contributed by atoms with Gasteiger partial charge in [-0.15, -0.1) is 0 Å². The Morgan fingerprint density at radius 2 is 1.48 bits per heavy atom. The van der Waals surface area contributed by atoms with E-state index in [2.05, 4.69) is 0 Å². The maximum Gasteiger partial charge on any atom is 0.343 e. The molecule has 6 nitrogen and oxygen atoms in total. The highest BCUT2D eigenvalue weighted by Crippen LogP contribution is 2.25. The molecule has 0 saturated carbocycles. The molecular formula is C23H19NO5. The molecular weight excluding hydrogens is 370 g/mol. The van der Waals surface area contributed by atoms with E-state index in [0.29, 0.717) is 11.3 Å². The van der Waals surface area contributed by atoms with Crippen molar-refractivity contribution in [3.8, 4) is 11.5 Å². The summed E-state index contributed by atoms with van der Waals surface area (Å²) in [6.07, 6.45) is 0.530. The van der Waals surface area contributed by atoms with Crippen LogP contribution in [0.5, 0.6) is 11.5 Å². The van der Waals surface area contributed by atoms with Gasteiger partial charge in [0.25, 0.3) is 0 Å². The number of ether oxygens (including phenoxy) is 2. The van der Waals surface area contributed by atoms with Gasteiger partial charge in [0, 0.05) is 12.8 Å². The maximum atomic E-state index is 12.5. The van der Waals surface area contributed by atoms with Crippen LogP contribution < -0.4 is 9.47 Å². The number of imide groups is 1. The largest absolute Gasteiger partial charge is 0.497 e. The molecule has 2 amide bonds. The van der Waals surface area contributed by atoms with Crippen molar-refractivity contribution in [2.75, 3.05) is 7.11 Å². The van der Waals surface area contributed by atoms with Gasteiger partial charge < -0.3 is 9.47 Å². The van der Waals surface area contributed by atoms with Crippen LogP contribution in [0.15, 0.2) is 60.7 Å². The predicted molar refractivity (Wildman–Crippen MR) is 107 cm³/mol. The van der Waals surface area contributed by atoms with Crippen molar-refractivity contribution >= 4 is 28.6 Å². The Morgan fingerprint density at radius 3 is 2.14 bits per heavy atom. The van der Waals surface area contributed by atoms with Gasteiger partial charge in [0.2, 0.25) is 11.8 Å². The second-order valence-corrected chi connectivity index (χ2v) is 6.83. The van der Waals surface area contributed by atoms with Crippen molar-refractivity contribution in [2.24, 2.45) is 0 Å². The van der Waals surface area contributed by atoms with Crippen LogP contribution in [0, 0.1) is 0 Å². The van der Waals surface area contributed by atoms with E-state index < -0.39 is 5.97 Å². The summed E-state index contributed by atoms with van der Waals surface area (Å²) in [5, 5.41) is 1.92. The first-order valence-electron chi connectivity index (χ1n) is 9.25. The minimum atomic E-state index is -0.480. The van der Waals surface area contributed by atoms with Crippen LogP contribution in [0.4, 0.5) is 0 Å². The number of fused-ring (bicyclic) bond motifs is 1. The standard InChI is InChI=1S/C23H19NO5/c1-28-19-8-6-16-7-9-20(13-18(16)12-19)29-23(27)17-4-2-15(3-5-17)14-24-21(25)10-11-22(24)26/h2-9,12-13H,10-11,14H2,1H3. The number of esters is 1. The van der Waals surface area contributed by atoms with E-state index in [1.807, 2.05) is 24.3 Å². The smallest absolute Gasteiger partial charge is 0.343 e. The summed E-state index contributed by atoms with van der Waals surface area (Å²) in [5.74, 6) is 0.365. The van der Waals surface area contributed by atoms with Crippen molar-refractivity contribution in [3.63, 3.8) is 0 Å². The fourth-order valence-corrected chi connectivity index (χ4v) is 3.29. The summed E-state index contributed by atoms with van der Waals surface area (Å²) in [6, 6.07) is 17.8. The lowest BCUT2D eigenvalue weighted by Gasteiger charge is -2.13. The van der Waals surface area contributed by atoms with E-state index in [-0.39, 0.29) is 31.2 Å². The molecule has 4 rings (SSSR count). The summed E-state index contributed by atoms with van der Waals surface area (Å²) in [4.78, 5) is 37.2. The molecule has 1 fully saturated rings. The van der Waals surface area contributed by atoms with Crippen molar-refractivity contribution < 1.29 is 23.9 Å². The monoisotopic (exact) mass is 389 g/mol. The molecule has 3 aromatic rings. The van der Waals surface area contributed by atoms with Crippen LogP contribution in [-0.4, -0.2) is 29.8 Å². The molecule has 0 atom stereocenters. The number of amides is 2. The number of carbonyl (C=O) groups excluding carboxylic acids is 3. The average Bonchev–Trinajstić information content (AvgIpc) is 3.05. The third-order valence-corrected chi connectivity index (χ3v) is 4.91. The summed E-state index contributed by atoms with van der Waals surface area (Å²) in [7, 11) is 1.60. The van der Waals surface area contributed by atoms with Gasteiger partial charge in [-0.05, 0) is 52.7 Å². The average molecular weight is 389 g/mol. The number of likely N-dealkylation sites (tertiary alicyclic amines) is 1. The molecule has 0 spiro atoms. The minimum Gasteiger partial charge on any atom is -0.497 e. The molecule has 6 heteroatoms. The van der Waals surface area contributed by atoms with Gasteiger partial charge in [0.1, 0.15) is 11.5 Å². The first kappa shape index (κ1) is 18.7. The zero-order chi connectivity index (χ0) is 20.4. The quantitative estimate of drug-likeness (QED) is 0.378. The fraction of sp³-hybridized carbons (Fsp3) is 0.174. The molecule has 1 heterocycles. The zero-order valence-corrected chi connectivity index (χ0v) is 15.9. The lowest BCUT2D eigenvalue weighted by molar-refractivity contribution is -0.139. The topological polar surface area (TPSA) is 72.9 Å². The summed E-state index contributed by atoms with van der Waals surface area (Å²) in [5.41, 5.74) is 1.17. The van der Waals surface area contributed by atoms with Gasteiger partial charge in [0.05, 0.1) is 19.2 Å². The van der Waals surface area contributed by atoms with Gasteiger partial charge in [-0.3, -0.25) is 14.5 Å². The maximum absolute atomic E-state index is 12.5. The fourth-order valence-electron chi connectivity index (χ4n) is 3.29. The lowest BCUT2D eigenvalue weighted by atomic mass is 10.1. The number of benzene rings is 3. The van der Waals surface area contributed by atoms with Crippen molar-refractivity contribution in [1.29, 1.82) is 0 Å². The highest BCUT2D eigenvalue weighted by molar-refractivity contribution is 6.01. The summed E-state index contributed by atoms with van der Waals surface area (Å²) in [6.45, 7) is 0.222. The Hall–Kier alpha value is -3.67. The molecule has 0 aromatic heterocycles. The third kappa shape index (κ3) is 3.96. The minimum absolute atomic E-state index is 0.161. The first-order valence-corrected chi connectivity index (χ1v) is 9.25. The molecule has 1 aliphatic rings. The van der Waals surface area contributed by atoms with Gasteiger partial charge in [-0.2, -0.15) is 0 Å². The number of hydrogen-bond acceptors (Lipinski definition) is 5. The second kappa shape index (κ2) is 7.75. The van der Waals surface area contributed by atoms with Crippen molar-refractivity contribution in [2.45, 2.75) is 19.4 Å². The number of carbonyl (C=O) groups is 3. The second-order valence-electron chi connectivity index (χ2n) is 6.83. The number of rotatable bonds is 5. The molecule has 29 heavy (non-hydrogen) atoms. The highest BCUT2D eigenvalue weighted by Gasteiger charge is 2.28. The lowest BCUT2D eigenvalue weighted by Crippen LogP contribution is -2.28. The van der Waals surface area contributed by atoms with Crippen LogP contribution in [0.2, 0.25) is 0 Å². The van der Waals surface area contributed by atoms with E-state index in [4.69, 9.17) is 9.47 Å². The van der Waals surface area contributed by atoms with E-state index in [9.17, 15) is 14.4 Å². The third-order valence-electron chi connectivity index (χ3n) is 4.91. The van der Waals surface area contributed by atoms with Crippen molar-refractivity contribution in [3.05, 3.63) is 71.8 Å². The Labute approximate surface area is 167 Å². The molecule has 1 saturated heterocycles. The van der Waals surface area contributed by atoms with Crippen LogP contribution >= 0.6 is 0 Å². The Bertz CT molecular complexity index is 1090. The van der Waals surface area contributed by atoms with Gasteiger partial charge in [-0.1, -0.05) is 24.3 Å². The number of nitrogens with zero attached hydrogens (tertiary/aromatic N) is 1. The summed E-state index contributed by atoms with van der Waals surface area (Å²) >= 11 is 0. The SMILES string of the molecule is COc1ccc2ccc(OC(=O)c3ccc(CN4C(=O)CCC4=O)cc3)cc2c1. The van der Waals surface area contributed by atoms with E-state index >= 15 is 0 Å². The van der Waals surface area contributed by atoms with Crippen LogP contribution in [0.25, 0.3) is 10.8 Å². The van der Waals surface area contributed by atoms with E-state index in [1.54, 1.807) is 43.5 Å². The Balaban J connectivity index is 1.46. The van der Waals surface area contributed by atoms with Gasteiger partial charge in [-0.25, -0.2) is 4.79 Å². The molecule has 0 N–H and O–H groups in total. The van der Waals surface area contributed by atoms with Gasteiger partial charge in [0.15, 0.2) is 0 Å². The molecule has 0 unspecified atom stereocenters. The zero-order valence-electron chi connectivity index (χ0n) is 15.9. The highest BCUT2D eigenvalue weighted by atomic mass is 16.5. The van der Waals surface area contributed by atoms with Gasteiger partial charge >= 0.3 is 5.97 Å². The Kier molecular flexibility index (Phi) is 4.99. The molecule has 146 valence electrons. The molecule has 3 aromatic carbocycles. The number of hydrogen-bond donors (Lipinski definition) is 0. The molecule has 1 aliphatic heterocycles. The Morgan fingerprint density at radius 1 is 0.862 bits per heavy atom. The normalized spacial score (nSPS) is 13.8. The first-order chi connectivity index (χ1) is 14.0. The molecule has 0 bridgehead atoms. The molecule has 0 radical (unpaired) electrons. The van der Waals surface area contributed by atoms with Crippen LogP contribution in [0.1, 0.15) is 28.8 Å².